The Morgan fingerprint density at radius 3 is 2.36 bits per heavy atom. The Labute approximate surface area is 67.8 Å². The van der Waals surface area contributed by atoms with Gasteiger partial charge in [0.2, 0.25) is 0 Å². The van der Waals surface area contributed by atoms with E-state index in [-0.39, 0.29) is 6.61 Å². The monoisotopic (exact) mass is 184 g/mol. The molecule has 1 aliphatic rings. The highest BCUT2D eigenvalue weighted by atomic mass is 35.5. The molecule has 0 aromatic heterocycles. The zero-order valence-electron chi connectivity index (χ0n) is 5.51. The van der Waals surface area contributed by atoms with E-state index in [1.54, 1.807) is 0 Å². The van der Waals surface area contributed by atoms with Crippen LogP contribution in [-0.2, 0) is 4.74 Å². The first kappa shape index (κ1) is 9.18. The summed E-state index contributed by atoms with van der Waals surface area (Å²) in [5, 5.41) is 33.5. The number of aliphatic hydroxyl groups excluding tert-OH is 3. The third kappa shape index (κ3) is 1.64. The van der Waals surface area contributed by atoms with Crippen molar-refractivity contribution in [3.8, 4) is 0 Å². The zero-order chi connectivity index (χ0) is 8.65. The maximum absolute atomic E-state index is 8.96. The van der Waals surface area contributed by atoms with Crippen LogP contribution in [-0.4, -0.2) is 50.6 Å². The molecule has 1 saturated heterocycles. The summed E-state index contributed by atoms with van der Waals surface area (Å²) in [6, 6.07) is 0. The normalized spacial score (nSPS) is 52.6. The van der Waals surface area contributed by atoms with Crippen molar-refractivity contribution in [2.24, 2.45) is 0 Å². The summed E-state index contributed by atoms with van der Waals surface area (Å²) in [6.45, 7) is -0.307. The fourth-order valence-corrected chi connectivity index (χ4v) is 0.999. The fourth-order valence-electron chi connectivity index (χ4n) is 0.807. The van der Waals surface area contributed by atoms with E-state index in [1.807, 2.05) is 0 Å². The van der Waals surface area contributed by atoms with E-state index >= 15 is 0 Å². The number of hydrogen-bond donors (Lipinski definition) is 4. The number of halogens is 1. The molecule has 11 heavy (non-hydrogen) atoms. The Kier molecular flexibility index (Phi) is 2.38. The Morgan fingerprint density at radius 2 is 1.91 bits per heavy atom. The summed E-state index contributed by atoms with van der Waals surface area (Å²) in [7, 11) is 0. The van der Waals surface area contributed by atoms with Crippen molar-refractivity contribution in [2.45, 2.75) is 23.6 Å². The van der Waals surface area contributed by atoms with Gasteiger partial charge in [-0.3, -0.25) is 0 Å². The van der Waals surface area contributed by atoms with Crippen molar-refractivity contribution >= 4 is 11.6 Å². The van der Waals surface area contributed by atoms with Crippen LogP contribution in [0.1, 0.15) is 0 Å². The van der Waals surface area contributed by atoms with E-state index in [1.165, 1.54) is 0 Å². The van der Waals surface area contributed by atoms with Gasteiger partial charge in [0.25, 0.3) is 5.25 Å². The molecule has 1 heterocycles. The molecule has 1 rings (SSSR count). The molecule has 0 radical (unpaired) electrons. The maximum atomic E-state index is 8.96. The molecule has 0 spiro atoms. The van der Waals surface area contributed by atoms with Gasteiger partial charge in [-0.15, -0.1) is 0 Å². The lowest BCUT2D eigenvalue weighted by molar-refractivity contribution is -0.277. The molecule has 0 bridgehead atoms. The summed E-state index contributed by atoms with van der Waals surface area (Å²) in [5.41, 5.74) is 0. The lowest BCUT2D eigenvalue weighted by atomic mass is 10.1. The van der Waals surface area contributed by atoms with E-state index in [2.05, 4.69) is 4.74 Å². The molecule has 66 valence electrons. The van der Waals surface area contributed by atoms with Gasteiger partial charge in [-0.1, -0.05) is 11.6 Å². The Morgan fingerprint density at radius 1 is 1.36 bits per heavy atom. The molecular weight excluding hydrogens is 176 g/mol. The zero-order valence-corrected chi connectivity index (χ0v) is 6.27. The number of aliphatic hydroxyl groups is 4. The van der Waals surface area contributed by atoms with E-state index in [4.69, 9.17) is 32.0 Å². The van der Waals surface area contributed by atoms with Crippen molar-refractivity contribution in [3.05, 3.63) is 0 Å². The maximum Gasteiger partial charge on any atom is 0.275 e. The van der Waals surface area contributed by atoms with Crippen LogP contribution in [0.25, 0.3) is 0 Å². The minimum atomic E-state index is -2.29. The van der Waals surface area contributed by atoms with Gasteiger partial charge in [0.15, 0.2) is 6.10 Å². The van der Waals surface area contributed by atoms with Gasteiger partial charge in [-0.25, -0.2) is 0 Å². The molecule has 4 atom stereocenters. The van der Waals surface area contributed by atoms with Crippen LogP contribution in [0.3, 0.4) is 0 Å². The molecule has 4 N–H and O–H groups in total. The lowest BCUT2D eigenvalue weighted by Gasteiger charge is -2.37. The first-order chi connectivity index (χ1) is 4.95. The van der Waals surface area contributed by atoms with Crippen LogP contribution < -0.4 is 0 Å². The van der Waals surface area contributed by atoms with Gasteiger partial charge in [-0.05, 0) is 0 Å². The highest BCUT2D eigenvalue weighted by Gasteiger charge is 2.47. The second-order valence-corrected chi connectivity index (χ2v) is 2.96. The van der Waals surface area contributed by atoms with Crippen molar-refractivity contribution < 1.29 is 25.2 Å². The predicted molar refractivity (Wildman–Crippen MR) is 34.8 cm³/mol. The van der Waals surface area contributed by atoms with E-state index in [9.17, 15) is 0 Å². The fraction of sp³-hybridized carbons (Fsp3) is 1.00. The van der Waals surface area contributed by atoms with E-state index in [0.29, 0.717) is 0 Å². The highest BCUT2D eigenvalue weighted by Crippen LogP contribution is 2.26. The third-order valence-electron chi connectivity index (χ3n) is 1.54. The van der Waals surface area contributed by atoms with Crippen molar-refractivity contribution in [1.29, 1.82) is 0 Å². The minimum Gasteiger partial charge on any atom is -0.388 e. The molecule has 1 fully saturated rings. The van der Waals surface area contributed by atoms with Crippen LogP contribution in [0, 0.1) is 0 Å². The second-order valence-electron chi connectivity index (χ2n) is 2.42. The first-order valence-electron chi connectivity index (χ1n) is 3.04. The van der Waals surface area contributed by atoms with Crippen LogP contribution >= 0.6 is 11.6 Å². The molecule has 6 heteroatoms. The summed E-state index contributed by atoms with van der Waals surface area (Å²) in [5.74, 6) is 0. The van der Waals surface area contributed by atoms with Crippen LogP contribution in [0.15, 0.2) is 0 Å². The first-order valence-corrected chi connectivity index (χ1v) is 3.42. The van der Waals surface area contributed by atoms with Gasteiger partial charge in [0.1, 0.15) is 12.2 Å². The molecular formula is C5H9ClO5. The minimum absolute atomic E-state index is 0.307. The smallest absolute Gasteiger partial charge is 0.275 e. The number of hydrogen-bond acceptors (Lipinski definition) is 5. The SMILES string of the molecule is O[C@@H]1[C@H](O)CO[C@@](O)(Cl)[C@H]1O. The van der Waals surface area contributed by atoms with Crippen molar-refractivity contribution in [3.63, 3.8) is 0 Å². The topological polar surface area (TPSA) is 90.2 Å². The number of ether oxygens (including phenoxy) is 1. The average Bonchev–Trinajstić information content (AvgIpc) is 1.95. The van der Waals surface area contributed by atoms with Crippen molar-refractivity contribution in [2.75, 3.05) is 6.61 Å². The average molecular weight is 185 g/mol. The molecule has 0 unspecified atom stereocenters. The molecule has 1 aliphatic heterocycles. The van der Waals surface area contributed by atoms with Gasteiger partial charge >= 0.3 is 0 Å². The van der Waals surface area contributed by atoms with Gasteiger partial charge in [0.05, 0.1) is 6.61 Å². The lowest BCUT2D eigenvalue weighted by Crippen LogP contribution is -2.58. The largest absolute Gasteiger partial charge is 0.388 e. The Balaban J connectivity index is 2.67. The standard InChI is InChI=1S/C5H9ClO5/c6-5(10)4(9)3(8)2(7)1-11-5/h2-4,7-10H,1H2/t2-,3-,4+,5-/m1/s1. The highest BCUT2D eigenvalue weighted by molar-refractivity contribution is 6.22. The quantitative estimate of drug-likeness (QED) is 0.327. The summed E-state index contributed by atoms with van der Waals surface area (Å²) >= 11 is 5.19. The van der Waals surface area contributed by atoms with Gasteiger partial charge in [-0.2, -0.15) is 0 Å². The predicted octanol–water partition coefficient (Wildman–Crippen LogP) is -2.02. The molecule has 0 amide bonds. The van der Waals surface area contributed by atoms with E-state index < -0.39 is 23.6 Å². The summed E-state index contributed by atoms with van der Waals surface area (Å²) < 4.78 is 4.42. The van der Waals surface area contributed by atoms with E-state index in [0.717, 1.165) is 0 Å². The number of alkyl halides is 1. The summed E-state index contributed by atoms with van der Waals surface area (Å²) in [6.07, 6.45) is -4.40. The second kappa shape index (κ2) is 2.85. The van der Waals surface area contributed by atoms with Crippen LogP contribution in [0.4, 0.5) is 0 Å². The molecule has 0 saturated carbocycles. The van der Waals surface area contributed by atoms with Crippen molar-refractivity contribution in [1.82, 2.24) is 0 Å². The number of rotatable bonds is 0. The summed E-state index contributed by atoms with van der Waals surface area (Å²) in [4.78, 5) is 0. The Bertz CT molecular complexity index is 150. The molecule has 0 aromatic rings. The van der Waals surface area contributed by atoms with Gasteiger partial charge < -0.3 is 25.2 Å². The molecule has 5 nitrogen and oxygen atoms in total. The molecule has 0 aromatic carbocycles. The molecule has 0 aliphatic carbocycles. The van der Waals surface area contributed by atoms with Crippen LogP contribution in [0.2, 0.25) is 0 Å². The van der Waals surface area contributed by atoms with Crippen LogP contribution in [0.5, 0.6) is 0 Å². The third-order valence-corrected chi connectivity index (χ3v) is 1.87. The van der Waals surface area contributed by atoms with Gasteiger partial charge in [0, 0.05) is 0 Å². The Hall–Kier alpha value is 0.0900.